The number of hydrogen-bond donors (Lipinski definition) is 1. The Bertz CT molecular complexity index is 922. The van der Waals surface area contributed by atoms with Crippen molar-refractivity contribution in [1.29, 1.82) is 0 Å². The molecule has 0 bridgehead atoms. The Morgan fingerprint density at radius 2 is 1.88 bits per heavy atom. The molecule has 9 heteroatoms. The summed E-state index contributed by atoms with van der Waals surface area (Å²) in [7, 11) is 0. The highest BCUT2D eigenvalue weighted by Crippen LogP contribution is 2.33. The Balaban J connectivity index is 0.00000169. The van der Waals surface area contributed by atoms with E-state index in [1.165, 1.54) is 17.0 Å². The van der Waals surface area contributed by atoms with Crippen molar-refractivity contribution in [3.8, 4) is 11.7 Å². The average Bonchev–Trinajstić information content (AvgIpc) is 3.10. The molecule has 0 radical (unpaired) electrons. The number of aromatic nitrogens is 5. The van der Waals surface area contributed by atoms with Crippen molar-refractivity contribution in [1.82, 2.24) is 24.7 Å². The van der Waals surface area contributed by atoms with E-state index < -0.39 is 0 Å². The molecule has 0 spiro atoms. The molecule has 3 aromatic rings. The van der Waals surface area contributed by atoms with Gasteiger partial charge < -0.3 is 15.5 Å². The van der Waals surface area contributed by atoms with Crippen LogP contribution < -0.4 is 10.5 Å². The quantitative estimate of drug-likeness (QED) is 0.703. The van der Waals surface area contributed by atoms with Crippen LogP contribution in [0, 0.1) is 0 Å². The van der Waals surface area contributed by atoms with Gasteiger partial charge in [0.1, 0.15) is 5.69 Å². The predicted octanol–water partition coefficient (Wildman–Crippen LogP) is 0.0518. The monoisotopic (exact) mass is 328 g/mol. The number of fused-ring (bicyclic) bond motifs is 1. The van der Waals surface area contributed by atoms with Crippen molar-refractivity contribution in [3.63, 3.8) is 0 Å². The summed E-state index contributed by atoms with van der Waals surface area (Å²) < 4.78 is 1.30. The molecule has 9 nitrogen and oxygen atoms in total. The number of aromatic hydroxyl groups is 1. The Morgan fingerprint density at radius 1 is 1.08 bits per heavy atom. The van der Waals surface area contributed by atoms with Crippen LogP contribution in [-0.2, 0) is 0 Å². The molecule has 4 heterocycles. The lowest BCUT2D eigenvalue weighted by Gasteiger charge is -2.20. The van der Waals surface area contributed by atoms with Crippen molar-refractivity contribution >= 4 is 16.7 Å². The van der Waals surface area contributed by atoms with Gasteiger partial charge in [-0.25, -0.2) is 14.5 Å². The molecule has 24 heavy (non-hydrogen) atoms. The van der Waals surface area contributed by atoms with Crippen LogP contribution in [0.4, 0.5) is 5.69 Å². The molecular formula is C15H16N6O3. The summed E-state index contributed by atoms with van der Waals surface area (Å²) in [6.07, 6.45) is 6.45. The van der Waals surface area contributed by atoms with Crippen LogP contribution in [0.25, 0.3) is 17.0 Å². The average molecular weight is 328 g/mol. The largest absolute Gasteiger partial charge is 0.505 e. The first kappa shape index (κ1) is 15.8. The predicted molar refractivity (Wildman–Crippen MR) is 87.5 cm³/mol. The van der Waals surface area contributed by atoms with E-state index in [9.17, 15) is 9.90 Å². The van der Waals surface area contributed by atoms with E-state index in [1.54, 1.807) is 18.3 Å². The van der Waals surface area contributed by atoms with Gasteiger partial charge >= 0.3 is 0 Å². The van der Waals surface area contributed by atoms with Crippen molar-refractivity contribution < 1.29 is 10.6 Å². The summed E-state index contributed by atoms with van der Waals surface area (Å²) in [6.45, 7) is 1.48. The summed E-state index contributed by atoms with van der Waals surface area (Å²) in [6, 6.07) is 3.44. The normalized spacial score (nSPS) is 13.9. The molecule has 1 aliphatic heterocycles. The molecule has 124 valence electrons. The van der Waals surface area contributed by atoms with Gasteiger partial charge in [0.15, 0.2) is 11.4 Å². The standard InChI is InChI=1S/C15H14N6O2.H2O/c22-12-10-4-3-5-16-13(10)21(15-17-6-7-18-19-15)14(23)11(12)20-8-1-2-9-20;/h3-7,22H,1-2,8-9H2;1H2. The van der Waals surface area contributed by atoms with Crippen LogP contribution in [0.3, 0.4) is 0 Å². The minimum Gasteiger partial charge on any atom is -0.505 e. The minimum atomic E-state index is -0.386. The van der Waals surface area contributed by atoms with Gasteiger partial charge in [0.25, 0.3) is 11.5 Å². The molecule has 0 aliphatic carbocycles. The number of nitrogens with zero attached hydrogens (tertiary/aromatic N) is 6. The van der Waals surface area contributed by atoms with Gasteiger partial charge in [0, 0.05) is 19.3 Å². The SMILES string of the molecule is O.O=c1c(N2CCCC2)c(O)c2cccnc2n1-c1nccnn1. The third kappa shape index (κ3) is 2.35. The smallest absolute Gasteiger partial charge is 0.286 e. The van der Waals surface area contributed by atoms with Crippen LogP contribution >= 0.6 is 0 Å². The Labute approximate surface area is 136 Å². The van der Waals surface area contributed by atoms with Crippen LogP contribution in [0.5, 0.6) is 5.75 Å². The highest BCUT2D eigenvalue weighted by Gasteiger charge is 2.25. The molecule has 1 aliphatic rings. The number of hydrogen-bond acceptors (Lipinski definition) is 7. The number of anilines is 1. The van der Waals surface area contributed by atoms with Crippen LogP contribution in [0.15, 0.2) is 35.5 Å². The summed E-state index contributed by atoms with van der Waals surface area (Å²) in [5.74, 6) is 0.0989. The lowest BCUT2D eigenvalue weighted by Crippen LogP contribution is -2.31. The zero-order chi connectivity index (χ0) is 15.8. The summed E-state index contributed by atoms with van der Waals surface area (Å²) in [5, 5.41) is 18.8. The number of pyridine rings is 2. The second-order valence-corrected chi connectivity index (χ2v) is 5.35. The molecule has 0 saturated carbocycles. The first-order chi connectivity index (χ1) is 11.3. The van der Waals surface area contributed by atoms with Crippen molar-refractivity contribution in [2.45, 2.75) is 12.8 Å². The van der Waals surface area contributed by atoms with E-state index in [2.05, 4.69) is 20.2 Å². The fraction of sp³-hybridized carbons (Fsp3) is 0.267. The number of rotatable bonds is 2. The van der Waals surface area contributed by atoms with Crippen molar-refractivity contribution in [3.05, 3.63) is 41.1 Å². The first-order valence-corrected chi connectivity index (χ1v) is 7.39. The second kappa shape index (κ2) is 6.20. The molecule has 0 aromatic carbocycles. The highest BCUT2D eigenvalue weighted by atomic mass is 16.3. The van der Waals surface area contributed by atoms with Crippen LogP contribution in [-0.4, -0.2) is 48.4 Å². The van der Waals surface area contributed by atoms with E-state index in [1.807, 2.05) is 4.90 Å². The summed E-state index contributed by atoms with van der Waals surface area (Å²) in [4.78, 5) is 23.2. The molecule has 3 aromatic heterocycles. The highest BCUT2D eigenvalue weighted by molar-refractivity contribution is 5.88. The van der Waals surface area contributed by atoms with Gasteiger partial charge in [-0.15, -0.1) is 5.10 Å². The summed E-state index contributed by atoms with van der Waals surface area (Å²) in [5.41, 5.74) is 0.199. The molecule has 0 atom stereocenters. The topological polar surface area (TPSA) is 129 Å². The van der Waals surface area contributed by atoms with E-state index in [0.717, 1.165) is 25.9 Å². The Hall–Kier alpha value is -3.07. The molecule has 0 unspecified atom stereocenters. The Morgan fingerprint density at radius 3 is 2.58 bits per heavy atom. The molecule has 0 amide bonds. The van der Waals surface area contributed by atoms with Gasteiger partial charge in [0.05, 0.1) is 17.8 Å². The van der Waals surface area contributed by atoms with E-state index in [4.69, 9.17) is 0 Å². The molecule has 4 rings (SSSR count). The van der Waals surface area contributed by atoms with Crippen LogP contribution in [0.2, 0.25) is 0 Å². The summed E-state index contributed by atoms with van der Waals surface area (Å²) >= 11 is 0. The van der Waals surface area contributed by atoms with Gasteiger partial charge in [0.2, 0.25) is 0 Å². The van der Waals surface area contributed by atoms with Crippen molar-refractivity contribution in [2.24, 2.45) is 0 Å². The van der Waals surface area contributed by atoms with Gasteiger partial charge in [-0.2, -0.15) is 5.10 Å². The molecular weight excluding hydrogens is 312 g/mol. The first-order valence-electron chi connectivity index (χ1n) is 7.39. The molecule has 1 fully saturated rings. The third-order valence-corrected chi connectivity index (χ3v) is 3.98. The van der Waals surface area contributed by atoms with Gasteiger partial charge in [-0.05, 0) is 25.0 Å². The lowest BCUT2D eigenvalue weighted by atomic mass is 10.2. The van der Waals surface area contributed by atoms with Gasteiger partial charge in [-0.3, -0.25) is 4.79 Å². The molecule has 3 N–H and O–H groups in total. The van der Waals surface area contributed by atoms with Crippen molar-refractivity contribution in [2.75, 3.05) is 18.0 Å². The van der Waals surface area contributed by atoms with E-state index in [-0.39, 0.29) is 28.4 Å². The maximum Gasteiger partial charge on any atom is 0.286 e. The maximum atomic E-state index is 13.0. The van der Waals surface area contributed by atoms with E-state index in [0.29, 0.717) is 11.0 Å². The maximum absolute atomic E-state index is 13.0. The van der Waals surface area contributed by atoms with E-state index >= 15 is 0 Å². The minimum absolute atomic E-state index is 0. The molecule has 1 saturated heterocycles. The lowest BCUT2D eigenvalue weighted by molar-refractivity contribution is 0.479. The van der Waals surface area contributed by atoms with Crippen LogP contribution in [0.1, 0.15) is 12.8 Å². The Kier molecular flexibility index (Phi) is 4.09. The fourth-order valence-electron chi connectivity index (χ4n) is 2.95. The van der Waals surface area contributed by atoms with Gasteiger partial charge in [-0.1, -0.05) is 0 Å². The zero-order valence-corrected chi connectivity index (χ0v) is 12.8. The fourth-order valence-corrected chi connectivity index (χ4v) is 2.95. The second-order valence-electron chi connectivity index (χ2n) is 5.35. The third-order valence-electron chi connectivity index (χ3n) is 3.98. The zero-order valence-electron chi connectivity index (χ0n) is 12.8.